The largest absolute Gasteiger partial charge is 0.463 e. The van der Waals surface area contributed by atoms with Crippen molar-refractivity contribution < 1.29 is 19.1 Å². The second kappa shape index (κ2) is 9.04. The van der Waals surface area contributed by atoms with E-state index in [0.29, 0.717) is 17.7 Å². The first-order valence-electron chi connectivity index (χ1n) is 7.73. The highest BCUT2D eigenvalue weighted by Gasteiger charge is 2.06. The van der Waals surface area contributed by atoms with Crippen LogP contribution in [-0.4, -0.2) is 18.5 Å². The Kier molecular flexibility index (Phi) is 6.49. The summed E-state index contributed by atoms with van der Waals surface area (Å²) in [6, 6.07) is 16.4. The van der Waals surface area contributed by atoms with Gasteiger partial charge in [0, 0.05) is 12.5 Å². The van der Waals surface area contributed by atoms with Crippen molar-refractivity contribution in [3.8, 4) is 22.9 Å². The van der Waals surface area contributed by atoms with Gasteiger partial charge in [-0.1, -0.05) is 30.8 Å². The number of ether oxygens (including phenoxy) is 2. The summed E-state index contributed by atoms with van der Waals surface area (Å²) in [6.07, 6.45) is 1.62. The Morgan fingerprint density at radius 2 is 1.64 bits per heavy atom. The molecule has 0 bridgehead atoms. The highest BCUT2D eigenvalue weighted by Crippen LogP contribution is 2.23. The molecule has 0 aliphatic rings. The van der Waals surface area contributed by atoms with Gasteiger partial charge in [-0.2, -0.15) is 5.26 Å². The number of carbonyl (C=O) groups is 2. The molecule has 0 heterocycles. The Labute approximate surface area is 146 Å². The molecule has 0 atom stereocenters. The van der Waals surface area contributed by atoms with Gasteiger partial charge in [0.2, 0.25) is 0 Å². The molecule has 2 aromatic carbocycles. The fourth-order valence-electron chi connectivity index (χ4n) is 2.08. The Morgan fingerprint density at radius 1 is 1.04 bits per heavy atom. The molecule has 0 fully saturated rings. The molecule has 5 nitrogen and oxygen atoms in total. The van der Waals surface area contributed by atoms with E-state index in [2.05, 4.69) is 12.6 Å². The molecule has 126 valence electrons. The molecule has 0 aromatic heterocycles. The maximum atomic E-state index is 11.7. The first-order chi connectivity index (χ1) is 12.1. The van der Waals surface area contributed by atoms with Gasteiger partial charge in [-0.25, -0.2) is 4.79 Å². The summed E-state index contributed by atoms with van der Waals surface area (Å²) in [6.45, 7) is 3.44. The molecular formula is C20H17NO4. The lowest BCUT2D eigenvalue weighted by molar-refractivity contribution is -0.140. The standard InChI is InChI=1S/C20H17NO4/c1-2-19(22)24-13-3-4-20(23)25-18-11-9-17(10-12-18)16-7-5-15(14-21)6-8-16/h2,5-12H,1,3-4,13H2. The van der Waals surface area contributed by atoms with Crippen LogP contribution in [0.3, 0.4) is 0 Å². The van der Waals surface area contributed by atoms with Gasteiger partial charge in [-0.15, -0.1) is 0 Å². The minimum Gasteiger partial charge on any atom is -0.463 e. The normalized spacial score (nSPS) is 9.72. The second-order valence-electron chi connectivity index (χ2n) is 5.16. The predicted molar refractivity (Wildman–Crippen MR) is 92.6 cm³/mol. The Hall–Kier alpha value is -3.39. The third kappa shape index (κ3) is 5.63. The van der Waals surface area contributed by atoms with E-state index in [0.717, 1.165) is 17.2 Å². The summed E-state index contributed by atoms with van der Waals surface area (Å²) in [5.41, 5.74) is 2.54. The van der Waals surface area contributed by atoms with Crippen molar-refractivity contribution in [3.63, 3.8) is 0 Å². The zero-order chi connectivity index (χ0) is 18.1. The zero-order valence-electron chi connectivity index (χ0n) is 13.6. The van der Waals surface area contributed by atoms with Crippen LogP contribution in [0.15, 0.2) is 61.2 Å². The van der Waals surface area contributed by atoms with Crippen LogP contribution in [0.1, 0.15) is 18.4 Å². The summed E-state index contributed by atoms with van der Waals surface area (Å²) < 4.78 is 10.0. The van der Waals surface area contributed by atoms with Crippen LogP contribution in [0, 0.1) is 11.3 Å². The number of hydrogen-bond acceptors (Lipinski definition) is 5. The summed E-state index contributed by atoms with van der Waals surface area (Å²) in [4.78, 5) is 22.6. The van der Waals surface area contributed by atoms with E-state index in [4.69, 9.17) is 14.7 Å². The molecule has 0 N–H and O–H groups in total. The number of nitrogens with zero attached hydrogens (tertiary/aromatic N) is 1. The fourth-order valence-corrected chi connectivity index (χ4v) is 2.08. The monoisotopic (exact) mass is 335 g/mol. The molecule has 2 aromatic rings. The molecule has 0 aliphatic heterocycles. The molecular weight excluding hydrogens is 318 g/mol. The van der Waals surface area contributed by atoms with Gasteiger partial charge in [0.05, 0.1) is 18.2 Å². The molecule has 0 radical (unpaired) electrons. The van der Waals surface area contributed by atoms with Crippen LogP contribution < -0.4 is 4.74 Å². The van der Waals surface area contributed by atoms with Crippen molar-refractivity contribution in [1.82, 2.24) is 0 Å². The van der Waals surface area contributed by atoms with Gasteiger partial charge in [0.1, 0.15) is 5.75 Å². The molecule has 0 unspecified atom stereocenters. The van der Waals surface area contributed by atoms with Crippen molar-refractivity contribution in [1.29, 1.82) is 5.26 Å². The van der Waals surface area contributed by atoms with Crippen LogP contribution in [0.5, 0.6) is 5.75 Å². The topological polar surface area (TPSA) is 76.4 Å². The molecule has 2 rings (SSSR count). The number of carbonyl (C=O) groups excluding carboxylic acids is 2. The first-order valence-corrected chi connectivity index (χ1v) is 7.73. The zero-order valence-corrected chi connectivity index (χ0v) is 13.6. The molecule has 0 saturated carbocycles. The van der Waals surface area contributed by atoms with Crippen molar-refractivity contribution in [2.24, 2.45) is 0 Å². The van der Waals surface area contributed by atoms with Gasteiger partial charge in [0.15, 0.2) is 0 Å². The summed E-state index contributed by atoms with van der Waals surface area (Å²) in [5, 5.41) is 8.81. The number of benzene rings is 2. The van der Waals surface area contributed by atoms with Gasteiger partial charge in [-0.05, 0) is 41.8 Å². The first kappa shape index (κ1) is 18.0. The maximum absolute atomic E-state index is 11.7. The van der Waals surface area contributed by atoms with Gasteiger partial charge < -0.3 is 9.47 Å². The van der Waals surface area contributed by atoms with Crippen molar-refractivity contribution in [2.75, 3.05) is 6.61 Å². The second-order valence-corrected chi connectivity index (χ2v) is 5.16. The number of hydrogen-bond donors (Lipinski definition) is 0. The van der Waals surface area contributed by atoms with Gasteiger partial charge in [-0.3, -0.25) is 4.79 Å². The highest BCUT2D eigenvalue weighted by atomic mass is 16.5. The quantitative estimate of drug-likeness (QED) is 0.334. The van der Waals surface area contributed by atoms with E-state index in [1.54, 1.807) is 24.3 Å². The molecule has 25 heavy (non-hydrogen) atoms. The summed E-state index contributed by atoms with van der Waals surface area (Å²) >= 11 is 0. The van der Waals surface area contributed by atoms with Crippen molar-refractivity contribution in [2.45, 2.75) is 12.8 Å². The lowest BCUT2D eigenvalue weighted by atomic mass is 10.0. The lowest BCUT2D eigenvalue weighted by Crippen LogP contribution is -2.10. The van der Waals surface area contributed by atoms with E-state index in [1.165, 1.54) is 0 Å². The maximum Gasteiger partial charge on any atom is 0.330 e. The van der Waals surface area contributed by atoms with Crippen LogP contribution in [-0.2, 0) is 14.3 Å². The smallest absolute Gasteiger partial charge is 0.330 e. The Balaban J connectivity index is 1.85. The number of rotatable bonds is 7. The molecule has 5 heteroatoms. The van der Waals surface area contributed by atoms with Gasteiger partial charge in [0.25, 0.3) is 0 Å². The van der Waals surface area contributed by atoms with Crippen LogP contribution in [0.4, 0.5) is 0 Å². The number of esters is 2. The third-order valence-corrected chi connectivity index (χ3v) is 3.37. The predicted octanol–water partition coefficient (Wildman–Crippen LogP) is 3.64. The van der Waals surface area contributed by atoms with E-state index in [-0.39, 0.29) is 19.0 Å². The van der Waals surface area contributed by atoms with E-state index in [1.807, 2.05) is 24.3 Å². The highest BCUT2D eigenvalue weighted by molar-refractivity contribution is 5.81. The minimum atomic E-state index is -0.508. The van der Waals surface area contributed by atoms with E-state index in [9.17, 15) is 9.59 Å². The van der Waals surface area contributed by atoms with Crippen LogP contribution >= 0.6 is 0 Å². The average Bonchev–Trinajstić information content (AvgIpc) is 2.65. The summed E-state index contributed by atoms with van der Waals surface area (Å²) in [7, 11) is 0. The third-order valence-electron chi connectivity index (χ3n) is 3.37. The lowest BCUT2D eigenvalue weighted by Gasteiger charge is -2.06. The van der Waals surface area contributed by atoms with E-state index >= 15 is 0 Å². The van der Waals surface area contributed by atoms with Gasteiger partial charge >= 0.3 is 11.9 Å². The molecule has 0 aliphatic carbocycles. The fraction of sp³-hybridized carbons (Fsp3) is 0.150. The van der Waals surface area contributed by atoms with Crippen LogP contribution in [0.25, 0.3) is 11.1 Å². The molecule has 0 spiro atoms. The van der Waals surface area contributed by atoms with E-state index < -0.39 is 5.97 Å². The Morgan fingerprint density at radius 3 is 2.20 bits per heavy atom. The molecule has 0 saturated heterocycles. The van der Waals surface area contributed by atoms with Crippen molar-refractivity contribution in [3.05, 3.63) is 66.7 Å². The van der Waals surface area contributed by atoms with Crippen molar-refractivity contribution >= 4 is 11.9 Å². The minimum absolute atomic E-state index is 0.150. The summed E-state index contributed by atoms with van der Waals surface area (Å²) in [5.74, 6) is -0.446. The van der Waals surface area contributed by atoms with Crippen LogP contribution in [0.2, 0.25) is 0 Å². The average molecular weight is 335 g/mol. The SMILES string of the molecule is C=CC(=O)OCCCC(=O)Oc1ccc(-c2ccc(C#N)cc2)cc1. The number of nitriles is 1. The molecule has 0 amide bonds. The Bertz CT molecular complexity index is 786.